The van der Waals surface area contributed by atoms with Crippen LogP contribution in [-0.2, 0) is 15.6 Å². The van der Waals surface area contributed by atoms with E-state index >= 15 is 0 Å². The summed E-state index contributed by atoms with van der Waals surface area (Å²) in [6, 6.07) is 20.5. The molecule has 4 rings (SSSR count). The van der Waals surface area contributed by atoms with Gasteiger partial charge in [0, 0.05) is 17.9 Å². The van der Waals surface area contributed by atoms with Crippen molar-refractivity contribution < 1.29 is 9.31 Å². The molecule has 0 bridgehead atoms. The first-order valence-corrected chi connectivity index (χ1v) is 9.48. The van der Waals surface area contributed by atoms with Gasteiger partial charge >= 0.3 is 7.12 Å². The maximum Gasteiger partial charge on any atom is 0.462 e. The Morgan fingerprint density at radius 1 is 0.815 bits per heavy atom. The molecule has 3 aromatic rings. The van der Waals surface area contributed by atoms with E-state index in [0.29, 0.717) is 0 Å². The summed E-state index contributed by atoms with van der Waals surface area (Å²) in [5.41, 5.74) is 3.16. The lowest BCUT2D eigenvalue weighted by Gasteiger charge is -2.32. The summed E-state index contributed by atoms with van der Waals surface area (Å²) < 4.78 is 11.9. The fourth-order valence-electron chi connectivity index (χ4n) is 3.09. The third-order valence-electron chi connectivity index (χ3n) is 5.41. The summed E-state index contributed by atoms with van der Waals surface area (Å²) in [5.74, 6) is 0. The Kier molecular flexibility index (Phi) is 5.68. The summed E-state index contributed by atoms with van der Waals surface area (Å²) in [6.45, 7) is 10.4. The number of hydrogen-bond acceptors (Lipinski definition) is 3. The van der Waals surface area contributed by atoms with Gasteiger partial charge in [0.25, 0.3) is 0 Å². The smallest absolute Gasteiger partial charge is 0.403 e. The van der Waals surface area contributed by atoms with E-state index in [9.17, 15) is 0 Å². The van der Waals surface area contributed by atoms with Gasteiger partial charge in [-0.1, -0.05) is 54.1 Å². The lowest BCUT2D eigenvalue weighted by molar-refractivity contribution is 0.00578. The van der Waals surface area contributed by atoms with Crippen LogP contribution in [0.1, 0.15) is 38.8 Å². The predicted molar refractivity (Wildman–Crippen MR) is 113 cm³/mol. The topological polar surface area (TPSA) is 31.4 Å². The number of rotatable bonds is 2. The molecule has 1 aromatic heterocycles. The van der Waals surface area contributed by atoms with Gasteiger partial charge in [-0.15, -0.1) is 0 Å². The van der Waals surface area contributed by atoms with Crippen LogP contribution in [0, 0.1) is 6.92 Å². The van der Waals surface area contributed by atoms with E-state index in [4.69, 9.17) is 9.31 Å². The van der Waals surface area contributed by atoms with Crippen LogP contribution in [0.15, 0.2) is 66.9 Å². The van der Waals surface area contributed by atoms with E-state index < -0.39 is 0 Å². The van der Waals surface area contributed by atoms with Crippen LogP contribution in [-0.4, -0.2) is 23.3 Å². The lowest BCUT2D eigenvalue weighted by Crippen LogP contribution is -2.41. The number of fused-ring (bicyclic) bond motifs is 1. The summed E-state index contributed by atoms with van der Waals surface area (Å²) in [4.78, 5) is 4.24. The number of aryl methyl sites for hydroxylation is 1. The van der Waals surface area contributed by atoms with Gasteiger partial charge in [-0.2, -0.15) is 0 Å². The Balaban J connectivity index is 0.000000166. The zero-order valence-electron chi connectivity index (χ0n) is 16.9. The van der Waals surface area contributed by atoms with Crippen molar-refractivity contribution in [2.45, 2.75) is 52.1 Å². The molecule has 1 aliphatic heterocycles. The van der Waals surface area contributed by atoms with Crippen molar-refractivity contribution in [2.24, 2.45) is 0 Å². The Bertz CT molecular complexity index is 872. The molecule has 0 amide bonds. The quantitative estimate of drug-likeness (QED) is 0.573. The third kappa shape index (κ3) is 4.58. The van der Waals surface area contributed by atoms with E-state index in [-0.39, 0.29) is 18.3 Å². The molecule has 140 valence electrons. The fraction of sp³-hybridized carbons (Fsp3) is 0.348. The number of hydrogen-bond donors (Lipinski definition) is 0. The van der Waals surface area contributed by atoms with Crippen molar-refractivity contribution in [3.63, 3.8) is 0 Å². The molecule has 2 heterocycles. The summed E-state index contributed by atoms with van der Waals surface area (Å²) in [6.07, 6.45) is 2.66. The third-order valence-corrected chi connectivity index (χ3v) is 5.41. The monoisotopic (exact) mass is 361 g/mol. The minimum atomic E-state index is -0.230. The van der Waals surface area contributed by atoms with Gasteiger partial charge in [0.2, 0.25) is 0 Å². The molecule has 3 nitrogen and oxygen atoms in total. The second-order valence-electron chi connectivity index (χ2n) is 8.02. The molecular formula is C23H28BNO2. The Hall–Kier alpha value is -2.17. The fourth-order valence-corrected chi connectivity index (χ4v) is 3.09. The van der Waals surface area contributed by atoms with Gasteiger partial charge in [-0.3, -0.25) is 4.98 Å². The first kappa shape index (κ1) is 19.6. The van der Waals surface area contributed by atoms with Gasteiger partial charge in [-0.25, -0.2) is 0 Å². The number of pyridine rings is 1. The number of aromatic nitrogens is 1. The van der Waals surface area contributed by atoms with Crippen LogP contribution in [0.2, 0.25) is 0 Å². The molecule has 0 aliphatic carbocycles. The van der Waals surface area contributed by atoms with Crippen molar-refractivity contribution in [1.29, 1.82) is 0 Å². The van der Waals surface area contributed by atoms with Crippen molar-refractivity contribution in [1.82, 2.24) is 4.98 Å². The number of nitrogens with zero attached hydrogens (tertiary/aromatic N) is 1. The minimum absolute atomic E-state index is 0.132. The highest BCUT2D eigenvalue weighted by Crippen LogP contribution is 2.37. The number of benzene rings is 2. The maximum absolute atomic E-state index is 5.95. The highest BCUT2D eigenvalue weighted by molar-refractivity contribution is 6.45. The normalized spacial score (nSPS) is 17.4. The summed E-state index contributed by atoms with van der Waals surface area (Å²) in [7, 11) is -0.132. The highest BCUT2D eigenvalue weighted by atomic mass is 16.7. The Morgan fingerprint density at radius 2 is 1.41 bits per heavy atom. The van der Waals surface area contributed by atoms with E-state index in [1.165, 1.54) is 16.5 Å². The molecule has 1 fully saturated rings. The molecule has 4 heteroatoms. The standard InChI is InChI=1S/C13H19BO2.C10H9N/c1-12(2)13(3,4)16-14(15-12)10-11-8-6-5-7-9-11;1-8-6-7-11-10-5-3-2-4-9(8)10/h5-9H,10H2,1-4H3;2-7H,1H3. The van der Waals surface area contributed by atoms with Crippen LogP contribution >= 0.6 is 0 Å². The largest absolute Gasteiger partial charge is 0.462 e. The molecule has 0 atom stereocenters. The van der Waals surface area contributed by atoms with Crippen LogP contribution in [0.25, 0.3) is 10.9 Å². The predicted octanol–water partition coefficient (Wildman–Crippen LogP) is 5.40. The van der Waals surface area contributed by atoms with Gasteiger partial charge < -0.3 is 9.31 Å². The maximum atomic E-state index is 5.95. The second kappa shape index (κ2) is 7.83. The molecule has 27 heavy (non-hydrogen) atoms. The zero-order chi connectivity index (χ0) is 19.5. The second-order valence-corrected chi connectivity index (χ2v) is 8.02. The van der Waals surface area contributed by atoms with Crippen LogP contribution in [0.4, 0.5) is 0 Å². The Morgan fingerprint density at radius 3 is 2.04 bits per heavy atom. The van der Waals surface area contributed by atoms with Crippen LogP contribution in [0.5, 0.6) is 0 Å². The molecule has 2 aromatic carbocycles. The van der Waals surface area contributed by atoms with Gasteiger partial charge in [0.05, 0.1) is 16.7 Å². The average Bonchev–Trinajstić information content (AvgIpc) is 2.83. The van der Waals surface area contributed by atoms with E-state index in [0.717, 1.165) is 11.8 Å². The van der Waals surface area contributed by atoms with Crippen LogP contribution < -0.4 is 0 Å². The molecule has 0 radical (unpaired) electrons. The minimum Gasteiger partial charge on any atom is -0.403 e. The van der Waals surface area contributed by atoms with E-state index in [2.05, 4.69) is 57.8 Å². The summed E-state index contributed by atoms with van der Waals surface area (Å²) >= 11 is 0. The first-order chi connectivity index (χ1) is 12.8. The zero-order valence-corrected chi connectivity index (χ0v) is 16.9. The molecule has 0 unspecified atom stereocenters. The molecule has 1 saturated heterocycles. The molecule has 0 spiro atoms. The molecule has 0 N–H and O–H groups in total. The van der Waals surface area contributed by atoms with Crippen LogP contribution in [0.3, 0.4) is 0 Å². The van der Waals surface area contributed by atoms with E-state index in [1.807, 2.05) is 48.7 Å². The van der Waals surface area contributed by atoms with Gasteiger partial charge in [0.15, 0.2) is 0 Å². The van der Waals surface area contributed by atoms with Gasteiger partial charge in [-0.05, 0) is 52.3 Å². The highest BCUT2D eigenvalue weighted by Gasteiger charge is 2.50. The number of para-hydroxylation sites is 1. The van der Waals surface area contributed by atoms with Crippen molar-refractivity contribution in [3.8, 4) is 0 Å². The van der Waals surface area contributed by atoms with Gasteiger partial charge in [0.1, 0.15) is 0 Å². The van der Waals surface area contributed by atoms with Crippen molar-refractivity contribution >= 4 is 18.0 Å². The first-order valence-electron chi connectivity index (χ1n) is 9.48. The molecule has 0 saturated carbocycles. The summed E-state index contributed by atoms with van der Waals surface area (Å²) in [5, 5.41) is 1.25. The Labute approximate surface area is 162 Å². The molecule has 1 aliphatic rings. The molecular weight excluding hydrogens is 333 g/mol. The SMILES string of the molecule is CC1(C)OB(Cc2ccccc2)OC1(C)C.Cc1ccnc2ccccc12. The van der Waals surface area contributed by atoms with Crippen molar-refractivity contribution in [2.75, 3.05) is 0 Å². The average molecular weight is 361 g/mol. The van der Waals surface area contributed by atoms with E-state index in [1.54, 1.807) is 0 Å². The lowest BCUT2D eigenvalue weighted by atomic mass is 9.81. The van der Waals surface area contributed by atoms with Crippen molar-refractivity contribution in [3.05, 3.63) is 78.0 Å².